The fourth-order valence-corrected chi connectivity index (χ4v) is 1.81. The lowest BCUT2D eigenvalue weighted by atomic mass is 9.92. The molecule has 0 amide bonds. The fraction of sp³-hybridized carbons (Fsp3) is 0.364. The predicted octanol–water partition coefficient (Wildman–Crippen LogP) is 2.33. The van der Waals surface area contributed by atoms with Crippen LogP contribution in [0, 0.1) is 5.82 Å². The molecule has 2 nitrogen and oxygen atoms in total. The molecular weight excluding hydrogens is 183 g/mol. The Kier molecular flexibility index (Phi) is 2.02. The van der Waals surface area contributed by atoms with Gasteiger partial charge < -0.3 is 5.11 Å². The maximum Gasteiger partial charge on any atom is 0.304 e. The molecule has 1 aromatic carbocycles. The molecule has 74 valence electrons. The molecule has 0 radical (unpaired) electrons. The number of hydrogen-bond acceptors (Lipinski definition) is 1. The highest BCUT2D eigenvalue weighted by molar-refractivity contribution is 5.70. The van der Waals surface area contributed by atoms with Gasteiger partial charge >= 0.3 is 5.97 Å². The summed E-state index contributed by atoms with van der Waals surface area (Å²) >= 11 is 0. The summed E-state index contributed by atoms with van der Waals surface area (Å²) in [6, 6.07) is 6.14. The van der Waals surface area contributed by atoms with Gasteiger partial charge in [0.1, 0.15) is 5.82 Å². The zero-order chi connectivity index (χ0) is 10.2. The number of carboxylic acids is 1. The van der Waals surface area contributed by atoms with E-state index in [2.05, 4.69) is 0 Å². The Hall–Kier alpha value is -1.38. The van der Waals surface area contributed by atoms with E-state index in [0.717, 1.165) is 18.4 Å². The number of halogens is 1. The van der Waals surface area contributed by atoms with Crippen LogP contribution in [0.5, 0.6) is 0 Å². The molecule has 0 bridgehead atoms. The van der Waals surface area contributed by atoms with Crippen LogP contribution in [0.25, 0.3) is 0 Å². The van der Waals surface area contributed by atoms with Crippen LogP contribution in [0.1, 0.15) is 24.8 Å². The predicted molar refractivity (Wildman–Crippen MR) is 49.6 cm³/mol. The van der Waals surface area contributed by atoms with E-state index in [-0.39, 0.29) is 17.7 Å². The number of benzene rings is 1. The van der Waals surface area contributed by atoms with Crippen LogP contribution in [0.4, 0.5) is 4.39 Å². The maximum absolute atomic E-state index is 12.6. The first-order valence-electron chi connectivity index (χ1n) is 4.60. The molecule has 0 atom stereocenters. The number of hydrogen-bond donors (Lipinski definition) is 1. The minimum Gasteiger partial charge on any atom is -0.481 e. The van der Waals surface area contributed by atoms with Gasteiger partial charge in [0.2, 0.25) is 0 Å². The average molecular weight is 194 g/mol. The molecule has 1 aliphatic rings. The van der Waals surface area contributed by atoms with Crippen molar-refractivity contribution in [2.75, 3.05) is 0 Å². The van der Waals surface area contributed by atoms with E-state index in [1.165, 1.54) is 12.1 Å². The quantitative estimate of drug-likeness (QED) is 0.801. The van der Waals surface area contributed by atoms with Gasteiger partial charge in [-0.15, -0.1) is 0 Å². The zero-order valence-electron chi connectivity index (χ0n) is 7.66. The molecule has 1 N–H and O–H groups in total. The van der Waals surface area contributed by atoms with Crippen LogP contribution in [-0.4, -0.2) is 11.1 Å². The largest absolute Gasteiger partial charge is 0.481 e. The standard InChI is InChI=1S/C11H11FO2/c12-9-3-1-8(2-4-9)11(5-6-11)7-10(13)14/h1-4H,5-7H2,(H,13,14). The molecule has 1 saturated carbocycles. The Morgan fingerprint density at radius 3 is 2.36 bits per heavy atom. The van der Waals surface area contributed by atoms with Gasteiger partial charge in [0.05, 0.1) is 6.42 Å². The first-order chi connectivity index (χ1) is 6.62. The minimum atomic E-state index is -0.785. The summed E-state index contributed by atoms with van der Waals surface area (Å²) in [5.41, 5.74) is 0.737. The third-order valence-corrected chi connectivity index (χ3v) is 2.80. The van der Waals surface area contributed by atoms with E-state index in [9.17, 15) is 9.18 Å². The number of carboxylic acid groups (broad SMARTS) is 1. The molecule has 3 heteroatoms. The van der Waals surface area contributed by atoms with Crippen molar-refractivity contribution in [3.8, 4) is 0 Å². The molecule has 1 aromatic rings. The minimum absolute atomic E-state index is 0.151. The average Bonchev–Trinajstić information content (AvgIpc) is 2.85. The molecule has 14 heavy (non-hydrogen) atoms. The highest BCUT2D eigenvalue weighted by atomic mass is 19.1. The van der Waals surface area contributed by atoms with Crippen molar-refractivity contribution >= 4 is 5.97 Å². The van der Waals surface area contributed by atoms with Gasteiger partial charge in [-0.1, -0.05) is 12.1 Å². The van der Waals surface area contributed by atoms with E-state index in [4.69, 9.17) is 5.11 Å². The third-order valence-electron chi connectivity index (χ3n) is 2.80. The van der Waals surface area contributed by atoms with E-state index >= 15 is 0 Å². The topological polar surface area (TPSA) is 37.3 Å². The van der Waals surface area contributed by atoms with E-state index in [0.29, 0.717) is 0 Å². The summed E-state index contributed by atoms with van der Waals surface area (Å²) in [4.78, 5) is 10.6. The van der Waals surface area contributed by atoms with Crippen molar-refractivity contribution in [2.45, 2.75) is 24.7 Å². The van der Waals surface area contributed by atoms with Crippen LogP contribution in [0.2, 0.25) is 0 Å². The van der Waals surface area contributed by atoms with Crippen molar-refractivity contribution < 1.29 is 14.3 Å². The Balaban J connectivity index is 2.22. The van der Waals surface area contributed by atoms with Crippen LogP contribution in [0.15, 0.2) is 24.3 Å². The van der Waals surface area contributed by atoms with Gasteiger partial charge in [-0.2, -0.15) is 0 Å². The third kappa shape index (κ3) is 1.62. The molecule has 0 heterocycles. The maximum atomic E-state index is 12.6. The van der Waals surface area contributed by atoms with Gasteiger partial charge in [-0.3, -0.25) is 4.79 Å². The molecule has 0 spiro atoms. The summed E-state index contributed by atoms with van der Waals surface area (Å²) in [6.07, 6.45) is 1.94. The van der Waals surface area contributed by atoms with Gasteiger partial charge in [0, 0.05) is 5.41 Å². The lowest BCUT2D eigenvalue weighted by molar-refractivity contribution is -0.137. The van der Waals surface area contributed by atoms with Crippen molar-refractivity contribution in [1.82, 2.24) is 0 Å². The lowest BCUT2D eigenvalue weighted by Crippen LogP contribution is -2.12. The molecule has 0 unspecified atom stereocenters. The second kappa shape index (κ2) is 3.08. The van der Waals surface area contributed by atoms with E-state index < -0.39 is 5.97 Å². The number of rotatable bonds is 3. The van der Waals surface area contributed by atoms with Crippen LogP contribution >= 0.6 is 0 Å². The van der Waals surface area contributed by atoms with Crippen molar-refractivity contribution in [3.05, 3.63) is 35.6 Å². The Bertz CT molecular complexity index is 352. The Morgan fingerprint density at radius 2 is 1.93 bits per heavy atom. The smallest absolute Gasteiger partial charge is 0.304 e. The van der Waals surface area contributed by atoms with Crippen molar-refractivity contribution in [1.29, 1.82) is 0 Å². The SMILES string of the molecule is O=C(O)CC1(c2ccc(F)cc2)CC1. The molecule has 0 saturated heterocycles. The molecule has 0 aromatic heterocycles. The highest BCUT2D eigenvalue weighted by Gasteiger charge is 2.45. The monoisotopic (exact) mass is 194 g/mol. The molecule has 2 rings (SSSR count). The molecule has 0 aliphatic heterocycles. The normalized spacial score (nSPS) is 17.8. The van der Waals surface area contributed by atoms with Crippen molar-refractivity contribution in [2.24, 2.45) is 0 Å². The Morgan fingerprint density at radius 1 is 1.36 bits per heavy atom. The van der Waals surface area contributed by atoms with Crippen molar-refractivity contribution in [3.63, 3.8) is 0 Å². The first-order valence-corrected chi connectivity index (χ1v) is 4.60. The molecule has 1 aliphatic carbocycles. The van der Waals surface area contributed by atoms with Crippen LogP contribution < -0.4 is 0 Å². The summed E-state index contributed by atoms with van der Waals surface area (Å²) in [7, 11) is 0. The Labute approximate surface area is 81.4 Å². The van der Waals surface area contributed by atoms with E-state index in [1.54, 1.807) is 12.1 Å². The van der Waals surface area contributed by atoms with Crippen LogP contribution in [-0.2, 0) is 10.2 Å². The van der Waals surface area contributed by atoms with Gasteiger partial charge in [0.25, 0.3) is 0 Å². The van der Waals surface area contributed by atoms with Gasteiger partial charge in [0.15, 0.2) is 0 Å². The van der Waals surface area contributed by atoms with Gasteiger partial charge in [-0.05, 0) is 30.5 Å². The lowest BCUT2D eigenvalue weighted by Gasteiger charge is -2.12. The van der Waals surface area contributed by atoms with Gasteiger partial charge in [-0.25, -0.2) is 4.39 Å². The summed E-state index contributed by atoms with van der Waals surface area (Å²) < 4.78 is 12.6. The first kappa shape index (κ1) is 9.19. The summed E-state index contributed by atoms with van der Waals surface area (Å²) in [5.74, 6) is -1.06. The number of aliphatic carboxylic acids is 1. The van der Waals surface area contributed by atoms with Crippen LogP contribution in [0.3, 0.4) is 0 Å². The van der Waals surface area contributed by atoms with E-state index in [1.807, 2.05) is 0 Å². The zero-order valence-corrected chi connectivity index (χ0v) is 7.66. The summed E-state index contributed by atoms with van der Waals surface area (Å²) in [5, 5.41) is 8.73. The second-order valence-corrected chi connectivity index (χ2v) is 3.86. The fourth-order valence-electron chi connectivity index (χ4n) is 1.81. The molecule has 1 fully saturated rings. The summed E-state index contributed by atoms with van der Waals surface area (Å²) in [6.45, 7) is 0. The number of carbonyl (C=O) groups is 1. The highest BCUT2D eigenvalue weighted by Crippen LogP contribution is 2.50. The molecular formula is C11H11FO2. The second-order valence-electron chi connectivity index (χ2n) is 3.86.